The molecule has 2 heteroatoms. The van der Waals surface area contributed by atoms with Crippen molar-refractivity contribution in [3.63, 3.8) is 0 Å². The molecule has 0 bridgehead atoms. The van der Waals surface area contributed by atoms with Gasteiger partial charge in [-0.15, -0.1) is 0 Å². The van der Waals surface area contributed by atoms with Crippen LogP contribution in [0.1, 0.15) is 18.1 Å². The maximum absolute atomic E-state index is 9.03. The standard InChI is InChI=1S/C12H19NO/c1-10-4-3-5-12(8-10)6-7-13-9-11(2)14/h3-5,8,11,13-14H,6-7,9H2,1-2H3/t11-/m0/s1. The SMILES string of the molecule is Cc1cccc(CCNC[C@H](C)O)c1. The maximum atomic E-state index is 9.03. The average Bonchev–Trinajstić information content (AvgIpc) is 2.12. The van der Waals surface area contributed by atoms with Crippen LogP contribution < -0.4 is 5.32 Å². The van der Waals surface area contributed by atoms with Gasteiger partial charge in [0.25, 0.3) is 0 Å². The quantitative estimate of drug-likeness (QED) is 0.695. The predicted molar refractivity (Wildman–Crippen MR) is 59.4 cm³/mol. The third-order valence-corrected chi connectivity index (χ3v) is 2.11. The van der Waals surface area contributed by atoms with Gasteiger partial charge in [0.1, 0.15) is 0 Å². The molecule has 0 amide bonds. The lowest BCUT2D eigenvalue weighted by Crippen LogP contribution is -2.26. The Morgan fingerprint density at radius 1 is 1.43 bits per heavy atom. The summed E-state index contributed by atoms with van der Waals surface area (Å²) in [4.78, 5) is 0. The molecule has 0 saturated carbocycles. The van der Waals surface area contributed by atoms with E-state index in [1.807, 2.05) is 0 Å². The molecule has 1 aromatic carbocycles. The third-order valence-electron chi connectivity index (χ3n) is 2.11. The van der Waals surface area contributed by atoms with Crippen LogP contribution in [0.4, 0.5) is 0 Å². The topological polar surface area (TPSA) is 32.3 Å². The molecule has 0 unspecified atom stereocenters. The van der Waals surface area contributed by atoms with Crippen LogP contribution in [0.3, 0.4) is 0 Å². The molecule has 2 nitrogen and oxygen atoms in total. The van der Waals surface area contributed by atoms with Crippen molar-refractivity contribution < 1.29 is 5.11 Å². The predicted octanol–water partition coefficient (Wildman–Crippen LogP) is 1.51. The number of aliphatic hydroxyl groups is 1. The van der Waals surface area contributed by atoms with E-state index < -0.39 is 0 Å². The van der Waals surface area contributed by atoms with E-state index in [0.717, 1.165) is 13.0 Å². The molecule has 0 radical (unpaired) electrons. The molecule has 0 aromatic heterocycles. The second-order valence-electron chi connectivity index (χ2n) is 3.79. The van der Waals surface area contributed by atoms with Crippen molar-refractivity contribution in [1.82, 2.24) is 5.32 Å². The van der Waals surface area contributed by atoms with E-state index >= 15 is 0 Å². The Kier molecular flexibility index (Phi) is 4.63. The Balaban J connectivity index is 2.25. The van der Waals surface area contributed by atoms with Gasteiger partial charge in [0.15, 0.2) is 0 Å². The van der Waals surface area contributed by atoms with E-state index in [-0.39, 0.29) is 6.10 Å². The van der Waals surface area contributed by atoms with E-state index in [9.17, 15) is 0 Å². The summed E-state index contributed by atoms with van der Waals surface area (Å²) in [6, 6.07) is 8.52. The normalized spacial score (nSPS) is 12.8. The van der Waals surface area contributed by atoms with Crippen LogP contribution in [0, 0.1) is 6.92 Å². The molecule has 0 aliphatic heterocycles. The fraction of sp³-hybridized carbons (Fsp3) is 0.500. The highest BCUT2D eigenvalue weighted by Crippen LogP contribution is 2.03. The van der Waals surface area contributed by atoms with Crippen molar-refractivity contribution >= 4 is 0 Å². The van der Waals surface area contributed by atoms with Crippen molar-refractivity contribution in [1.29, 1.82) is 0 Å². The molecule has 1 atom stereocenters. The van der Waals surface area contributed by atoms with Gasteiger partial charge in [0, 0.05) is 6.54 Å². The minimum atomic E-state index is -0.257. The number of rotatable bonds is 5. The van der Waals surface area contributed by atoms with Gasteiger partial charge in [-0.1, -0.05) is 29.8 Å². The van der Waals surface area contributed by atoms with Gasteiger partial charge >= 0.3 is 0 Å². The Morgan fingerprint density at radius 3 is 2.86 bits per heavy atom. The van der Waals surface area contributed by atoms with Crippen LogP contribution in [-0.4, -0.2) is 24.3 Å². The minimum absolute atomic E-state index is 0.257. The lowest BCUT2D eigenvalue weighted by molar-refractivity contribution is 0.191. The zero-order chi connectivity index (χ0) is 10.4. The molecule has 14 heavy (non-hydrogen) atoms. The highest BCUT2D eigenvalue weighted by Gasteiger charge is 1.95. The Morgan fingerprint density at radius 2 is 2.21 bits per heavy atom. The second-order valence-corrected chi connectivity index (χ2v) is 3.79. The molecular formula is C12H19NO. The van der Waals surface area contributed by atoms with Crippen molar-refractivity contribution in [2.75, 3.05) is 13.1 Å². The molecule has 0 aliphatic rings. The van der Waals surface area contributed by atoms with Crippen molar-refractivity contribution in [3.8, 4) is 0 Å². The Bertz CT molecular complexity index is 271. The highest BCUT2D eigenvalue weighted by atomic mass is 16.3. The zero-order valence-electron chi connectivity index (χ0n) is 8.96. The second kappa shape index (κ2) is 5.78. The zero-order valence-corrected chi connectivity index (χ0v) is 8.96. The first-order valence-corrected chi connectivity index (χ1v) is 5.13. The number of nitrogens with one attached hydrogen (secondary N) is 1. The summed E-state index contributed by atoms with van der Waals surface area (Å²) in [6.07, 6.45) is 0.765. The lowest BCUT2D eigenvalue weighted by Gasteiger charge is -2.07. The van der Waals surface area contributed by atoms with Gasteiger partial charge in [-0.25, -0.2) is 0 Å². The first-order valence-electron chi connectivity index (χ1n) is 5.13. The monoisotopic (exact) mass is 193 g/mol. The van der Waals surface area contributed by atoms with Gasteiger partial charge in [-0.05, 0) is 32.4 Å². The molecule has 0 saturated heterocycles. The molecule has 2 N–H and O–H groups in total. The van der Waals surface area contributed by atoms with Crippen molar-refractivity contribution in [2.24, 2.45) is 0 Å². The summed E-state index contributed by atoms with van der Waals surface area (Å²) in [5.74, 6) is 0. The molecule has 0 fully saturated rings. The Labute approximate surface area is 86.0 Å². The van der Waals surface area contributed by atoms with E-state index in [2.05, 4.69) is 36.5 Å². The molecule has 1 rings (SSSR count). The summed E-state index contributed by atoms with van der Waals surface area (Å²) in [7, 11) is 0. The fourth-order valence-electron chi connectivity index (χ4n) is 1.41. The smallest absolute Gasteiger partial charge is 0.0636 e. The molecule has 0 heterocycles. The van der Waals surface area contributed by atoms with E-state index in [1.54, 1.807) is 6.92 Å². The fourth-order valence-corrected chi connectivity index (χ4v) is 1.41. The van der Waals surface area contributed by atoms with E-state index in [4.69, 9.17) is 5.11 Å². The Hall–Kier alpha value is -0.860. The van der Waals surface area contributed by atoms with Gasteiger partial charge in [-0.3, -0.25) is 0 Å². The van der Waals surface area contributed by atoms with Crippen LogP contribution in [0.15, 0.2) is 24.3 Å². The third kappa shape index (κ3) is 4.40. The van der Waals surface area contributed by atoms with Crippen LogP contribution in [0.2, 0.25) is 0 Å². The highest BCUT2D eigenvalue weighted by molar-refractivity contribution is 5.22. The summed E-state index contributed by atoms with van der Waals surface area (Å²) in [5.41, 5.74) is 2.65. The summed E-state index contributed by atoms with van der Waals surface area (Å²) in [6.45, 7) is 5.49. The summed E-state index contributed by atoms with van der Waals surface area (Å²) in [5, 5.41) is 12.2. The largest absolute Gasteiger partial charge is 0.392 e. The van der Waals surface area contributed by atoms with Gasteiger partial charge < -0.3 is 10.4 Å². The molecule has 0 spiro atoms. The van der Waals surface area contributed by atoms with Gasteiger partial charge in [0.2, 0.25) is 0 Å². The number of hydrogen-bond acceptors (Lipinski definition) is 2. The molecule has 78 valence electrons. The first-order chi connectivity index (χ1) is 6.68. The first kappa shape index (κ1) is 11.2. The molecule has 0 aliphatic carbocycles. The average molecular weight is 193 g/mol. The summed E-state index contributed by atoms with van der Waals surface area (Å²) >= 11 is 0. The number of aryl methyl sites for hydroxylation is 1. The maximum Gasteiger partial charge on any atom is 0.0636 e. The van der Waals surface area contributed by atoms with Crippen LogP contribution in [-0.2, 0) is 6.42 Å². The van der Waals surface area contributed by atoms with Crippen LogP contribution in [0.5, 0.6) is 0 Å². The van der Waals surface area contributed by atoms with Crippen molar-refractivity contribution in [2.45, 2.75) is 26.4 Å². The van der Waals surface area contributed by atoms with Crippen molar-refractivity contribution in [3.05, 3.63) is 35.4 Å². The minimum Gasteiger partial charge on any atom is -0.392 e. The number of aliphatic hydroxyl groups excluding tert-OH is 1. The van der Waals surface area contributed by atoms with E-state index in [1.165, 1.54) is 11.1 Å². The number of hydrogen-bond donors (Lipinski definition) is 2. The lowest BCUT2D eigenvalue weighted by atomic mass is 10.1. The molecular weight excluding hydrogens is 174 g/mol. The van der Waals surface area contributed by atoms with Crippen LogP contribution >= 0.6 is 0 Å². The van der Waals surface area contributed by atoms with E-state index in [0.29, 0.717) is 6.54 Å². The number of benzene rings is 1. The van der Waals surface area contributed by atoms with Gasteiger partial charge in [-0.2, -0.15) is 0 Å². The van der Waals surface area contributed by atoms with Gasteiger partial charge in [0.05, 0.1) is 6.10 Å². The van der Waals surface area contributed by atoms with Crippen LogP contribution in [0.25, 0.3) is 0 Å². The summed E-state index contributed by atoms with van der Waals surface area (Å²) < 4.78 is 0. The molecule has 1 aromatic rings.